The van der Waals surface area contributed by atoms with E-state index in [1.54, 1.807) is 32.2 Å². The molecule has 0 bridgehead atoms. The lowest BCUT2D eigenvalue weighted by Gasteiger charge is -2.49. The Labute approximate surface area is 252 Å². The SMILES string of the molecule is CCC\C=c1/c(N2C[C@@H](CC)N(C(CC)c3ccc(OCCC(F)(F)F)cc3)CC2C)nc(=O)n(C)/c1=C/C=C(\C)C#N. The van der Waals surface area contributed by atoms with Gasteiger partial charge in [0.05, 0.1) is 24.4 Å². The molecule has 0 aliphatic carbocycles. The molecule has 1 aromatic heterocycles. The van der Waals surface area contributed by atoms with Gasteiger partial charge in [-0.05, 0) is 63.0 Å². The fourth-order valence-electron chi connectivity index (χ4n) is 5.61. The second-order valence-electron chi connectivity index (χ2n) is 11.2. The molecular formula is C33H44F3N5O2. The van der Waals surface area contributed by atoms with Crippen molar-refractivity contribution in [1.82, 2.24) is 14.5 Å². The number of alkyl halides is 3. The Morgan fingerprint density at radius 1 is 1.21 bits per heavy atom. The van der Waals surface area contributed by atoms with Crippen LogP contribution in [0.3, 0.4) is 0 Å². The van der Waals surface area contributed by atoms with Crippen LogP contribution in [0.2, 0.25) is 0 Å². The van der Waals surface area contributed by atoms with E-state index in [1.807, 2.05) is 18.2 Å². The van der Waals surface area contributed by atoms with Gasteiger partial charge in [0.25, 0.3) is 0 Å². The number of unbranched alkanes of at least 4 members (excludes halogenated alkanes) is 1. The Morgan fingerprint density at radius 2 is 1.91 bits per heavy atom. The van der Waals surface area contributed by atoms with Crippen LogP contribution in [0.15, 0.2) is 40.7 Å². The molecule has 0 amide bonds. The number of hydrogen-bond acceptors (Lipinski definition) is 6. The highest BCUT2D eigenvalue weighted by molar-refractivity contribution is 5.51. The van der Waals surface area contributed by atoms with E-state index in [2.05, 4.69) is 54.6 Å². The number of hydrogen-bond donors (Lipinski definition) is 0. The van der Waals surface area contributed by atoms with Crippen molar-refractivity contribution >= 4 is 18.0 Å². The maximum Gasteiger partial charge on any atom is 0.392 e. The van der Waals surface area contributed by atoms with Crippen molar-refractivity contribution in [2.24, 2.45) is 7.05 Å². The van der Waals surface area contributed by atoms with Crippen molar-refractivity contribution in [3.05, 3.63) is 62.5 Å². The monoisotopic (exact) mass is 599 g/mol. The zero-order chi connectivity index (χ0) is 31.7. The van der Waals surface area contributed by atoms with Crippen LogP contribution < -0.4 is 25.9 Å². The first kappa shape index (κ1) is 33.9. The smallest absolute Gasteiger partial charge is 0.392 e. The zero-order valence-electron chi connectivity index (χ0n) is 26.1. The number of nitriles is 1. The van der Waals surface area contributed by atoms with Crippen molar-refractivity contribution < 1.29 is 17.9 Å². The fourth-order valence-corrected chi connectivity index (χ4v) is 5.61. The molecule has 1 fully saturated rings. The Bertz CT molecular complexity index is 1470. The molecule has 0 N–H and O–H groups in total. The summed E-state index contributed by atoms with van der Waals surface area (Å²) in [7, 11) is 1.71. The minimum absolute atomic E-state index is 0.0550. The third-order valence-corrected chi connectivity index (χ3v) is 8.00. The summed E-state index contributed by atoms with van der Waals surface area (Å²) >= 11 is 0. The molecule has 2 unspecified atom stereocenters. The second kappa shape index (κ2) is 15.2. The van der Waals surface area contributed by atoms with Crippen molar-refractivity contribution in [3.63, 3.8) is 0 Å². The molecular weight excluding hydrogens is 555 g/mol. The standard InChI is InChI=1S/C33H44F3N5O2/c1-7-10-11-28-30(17-12-23(4)20-37)39(6)32(42)38-31(28)40-22-26(8-2)41(21-24(40)5)29(9-3)25-13-15-27(16-14-25)43-19-18-33(34,35)36/h11-17,24,26,29H,7-10,18-19,21-22H2,1-6H3/b23-12+,28-11-,30-17+/t24?,26-,29?/m1/s1. The van der Waals surface area contributed by atoms with Gasteiger partial charge >= 0.3 is 11.9 Å². The molecule has 0 saturated carbocycles. The van der Waals surface area contributed by atoms with Gasteiger partial charge in [0, 0.05) is 49.1 Å². The lowest BCUT2D eigenvalue weighted by atomic mass is 9.96. The molecule has 1 aliphatic heterocycles. The number of nitrogens with zero attached hydrogens (tertiary/aromatic N) is 5. The Kier molecular flexibility index (Phi) is 12.0. The predicted molar refractivity (Wildman–Crippen MR) is 165 cm³/mol. The summed E-state index contributed by atoms with van der Waals surface area (Å²) in [5, 5.41) is 10.9. The van der Waals surface area contributed by atoms with Crippen LogP contribution in [-0.2, 0) is 7.05 Å². The van der Waals surface area contributed by atoms with Gasteiger partial charge in [0.1, 0.15) is 11.6 Å². The van der Waals surface area contributed by atoms with Gasteiger partial charge in [-0.3, -0.25) is 9.47 Å². The molecule has 3 atom stereocenters. The topological polar surface area (TPSA) is 74.4 Å². The third-order valence-electron chi connectivity index (χ3n) is 8.00. The van der Waals surface area contributed by atoms with Gasteiger partial charge in [-0.15, -0.1) is 0 Å². The molecule has 1 aliphatic rings. The number of aromatic nitrogens is 2. The predicted octanol–water partition coefficient (Wildman–Crippen LogP) is 5.38. The first-order chi connectivity index (χ1) is 20.4. The third kappa shape index (κ3) is 8.73. The van der Waals surface area contributed by atoms with Gasteiger partial charge in [0.2, 0.25) is 0 Å². The molecule has 2 heterocycles. The van der Waals surface area contributed by atoms with Gasteiger partial charge in [-0.25, -0.2) is 4.79 Å². The zero-order valence-corrected chi connectivity index (χ0v) is 26.1. The molecule has 0 spiro atoms. The number of anilines is 1. The van der Waals surface area contributed by atoms with Gasteiger partial charge in [-0.2, -0.15) is 23.4 Å². The lowest BCUT2D eigenvalue weighted by molar-refractivity contribution is -0.139. The van der Waals surface area contributed by atoms with Crippen LogP contribution in [0.25, 0.3) is 12.2 Å². The molecule has 3 rings (SSSR count). The summed E-state index contributed by atoms with van der Waals surface area (Å²) < 4.78 is 44.4. The number of ether oxygens (including phenoxy) is 1. The number of piperazine rings is 1. The molecule has 43 heavy (non-hydrogen) atoms. The van der Waals surface area contributed by atoms with E-state index in [9.17, 15) is 23.2 Å². The van der Waals surface area contributed by atoms with Crippen LogP contribution in [0.4, 0.5) is 19.0 Å². The second-order valence-corrected chi connectivity index (χ2v) is 11.2. The minimum Gasteiger partial charge on any atom is -0.493 e. The van der Waals surface area contributed by atoms with E-state index in [0.717, 1.165) is 48.4 Å². The average Bonchev–Trinajstić information content (AvgIpc) is 2.97. The first-order valence-corrected chi connectivity index (χ1v) is 15.1. The molecule has 2 aromatic rings. The molecule has 1 aromatic carbocycles. The molecule has 10 heteroatoms. The summed E-state index contributed by atoms with van der Waals surface area (Å²) in [5.74, 6) is 1.10. The van der Waals surface area contributed by atoms with Crippen LogP contribution in [-0.4, -0.2) is 52.4 Å². The van der Waals surface area contributed by atoms with Crippen molar-refractivity contribution in [2.75, 3.05) is 24.6 Å². The number of allylic oxidation sites excluding steroid dienone is 2. The molecule has 7 nitrogen and oxygen atoms in total. The van der Waals surface area contributed by atoms with Crippen molar-refractivity contribution in [1.29, 1.82) is 5.26 Å². The Hall–Kier alpha value is -3.58. The summed E-state index contributed by atoms with van der Waals surface area (Å²) in [6.45, 7) is 11.3. The Balaban J connectivity index is 1.95. The van der Waals surface area contributed by atoms with E-state index < -0.39 is 19.2 Å². The normalized spacial score (nSPS) is 19.9. The Morgan fingerprint density at radius 3 is 2.49 bits per heavy atom. The average molecular weight is 600 g/mol. The van der Waals surface area contributed by atoms with E-state index >= 15 is 0 Å². The van der Waals surface area contributed by atoms with Gasteiger partial charge < -0.3 is 9.64 Å². The highest BCUT2D eigenvalue weighted by Gasteiger charge is 2.36. The summed E-state index contributed by atoms with van der Waals surface area (Å²) in [4.78, 5) is 22.4. The van der Waals surface area contributed by atoms with Crippen LogP contribution in [0.5, 0.6) is 5.75 Å². The van der Waals surface area contributed by atoms with Crippen molar-refractivity contribution in [3.8, 4) is 11.8 Å². The number of rotatable bonds is 11. The van der Waals surface area contributed by atoms with Crippen LogP contribution in [0, 0.1) is 11.3 Å². The van der Waals surface area contributed by atoms with Gasteiger partial charge in [0.15, 0.2) is 0 Å². The molecule has 0 radical (unpaired) electrons. The van der Waals surface area contributed by atoms with Crippen LogP contribution >= 0.6 is 0 Å². The fraction of sp³-hybridized carbons (Fsp3) is 0.545. The summed E-state index contributed by atoms with van der Waals surface area (Å²) in [5.41, 5.74) is 1.29. The lowest BCUT2D eigenvalue weighted by Crippen LogP contribution is -2.60. The highest BCUT2D eigenvalue weighted by Crippen LogP contribution is 2.33. The largest absolute Gasteiger partial charge is 0.493 e. The number of benzene rings is 1. The summed E-state index contributed by atoms with van der Waals surface area (Å²) in [6.07, 6.45) is 3.99. The van der Waals surface area contributed by atoms with E-state index in [-0.39, 0.29) is 23.8 Å². The first-order valence-electron chi connectivity index (χ1n) is 15.1. The maximum atomic E-state index is 13.1. The number of halogens is 3. The highest BCUT2D eigenvalue weighted by atomic mass is 19.4. The van der Waals surface area contributed by atoms with Crippen LogP contribution in [0.1, 0.15) is 78.3 Å². The van der Waals surface area contributed by atoms with Crippen molar-refractivity contribution in [2.45, 2.75) is 91.0 Å². The maximum absolute atomic E-state index is 13.1. The van der Waals surface area contributed by atoms with Gasteiger partial charge in [-0.1, -0.05) is 45.4 Å². The molecule has 234 valence electrons. The quantitative estimate of drug-likeness (QED) is 0.323. The minimum atomic E-state index is -4.24. The summed E-state index contributed by atoms with van der Waals surface area (Å²) in [6, 6.07) is 9.87. The molecule has 1 saturated heterocycles. The van der Waals surface area contributed by atoms with E-state index in [1.165, 1.54) is 4.57 Å². The van der Waals surface area contributed by atoms with E-state index in [0.29, 0.717) is 23.7 Å². The van der Waals surface area contributed by atoms with E-state index in [4.69, 9.17) is 4.74 Å².